The molecule has 0 fully saturated rings. The predicted octanol–water partition coefficient (Wildman–Crippen LogP) is 4.99. The highest BCUT2D eigenvalue weighted by Gasteiger charge is 2.26. The summed E-state index contributed by atoms with van der Waals surface area (Å²) in [5, 5.41) is 6.37. The molecule has 0 saturated heterocycles. The Kier molecular flexibility index (Phi) is 7.12. The van der Waals surface area contributed by atoms with E-state index in [1.165, 1.54) is 6.08 Å². The second-order valence-electron chi connectivity index (χ2n) is 7.28. The van der Waals surface area contributed by atoms with Crippen molar-refractivity contribution in [2.45, 2.75) is 6.54 Å². The Balaban J connectivity index is 1.74. The zero-order valence-corrected chi connectivity index (χ0v) is 18.6. The highest BCUT2D eigenvalue weighted by molar-refractivity contribution is 7.87. The maximum absolute atomic E-state index is 12.5. The molecule has 4 rings (SSSR count). The molecule has 1 N–H and O–H groups in total. The van der Waals surface area contributed by atoms with Gasteiger partial charge in [0.2, 0.25) is 5.91 Å². The van der Waals surface area contributed by atoms with Gasteiger partial charge >= 0.3 is 0 Å². The molecule has 0 aromatic heterocycles. The molecular formula is C28H25N2OP. The van der Waals surface area contributed by atoms with E-state index in [4.69, 9.17) is 4.74 Å². The Morgan fingerprint density at radius 1 is 0.656 bits per heavy atom. The van der Waals surface area contributed by atoms with Crippen molar-refractivity contribution in [3.8, 4) is 0 Å². The molecule has 0 atom stereocenters. The number of amides is 1. The third-order valence-electron chi connectivity index (χ3n) is 5.16. The topological polar surface area (TPSA) is 41.5 Å². The lowest BCUT2D eigenvalue weighted by molar-refractivity contribution is -0.116. The van der Waals surface area contributed by atoms with Gasteiger partial charge in [-0.3, -0.25) is 9.54 Å². The van der Waals surface area contributed by atoms with Crippen molar-refractivity contribution in [1.29, 1.82) is 0 Å². The molecule has 0 aliphatic carbocycles. The van der Waals surface area contributed by atoms with E-state index in [-0.39, 0.29) is 5.91 Å². The zero-order chi connectivity index (χ0) is 22.1. The number of carbonyl (C=O) groups is 1. The van der Waals surface area contributed by atoms with Crippen molar-refractivity contribution in [1.82, 2.24) is 5.32 Å². The van der Waals surface area contributed by atoms with Crippen LogP contribution in [0.5, 0.6) is 0 Å². The maximum Gasteiger partial charge on any atom is 0.245 e. The van der Waals surface area contributed by atoms with Gasteiger partial charge in [0, 0.05) is 34.7 Å². The van der Waals surface area contributed by atoms with Crippen LogP contribution in [0.25, 0.3) is 0 Å². The van der Waals surface area contributed by atoms with Crippen molar-refractivity contribution >= 4 is 28.9 Å². The largest absolute Gasteiger partial charge is 0.348 e. The third kappa shape index (κ3) is 4.96. The van der Waals surface area contributed by atoms with Gasteiger partial charge in [-0.2, -0.15) is 0 Å². The third-order valence-corrected chi connectivity index (χ3v) is 8.78. The lowest BCUT2D eigenvalue weighted by atomic mass is 10.2. The van der Waals surface area contributed by atoms with E-state index in [2.05, 4.69) is 41.7 Å². The summed E-state index contributed by atoms with van der Waals surface area (Å²) in [6, 6.07) is 40.9. The summed E-state index contributed by atoms with van der Waals surface area (Å²) >= 11 is 0. The van der Waals surface area contributed by atoms with Crippen LogP contribution in [0, 0.1) is 0 Å². The minimum absolute atomic E-state index is 0.162. The van der Waals surface area contributed by atoms with Crippen LogP contribution >= 0.6 is 7.05 Å². The Morgan fingerprint density at radius 2 is 1.06 bits per heavy atom. The molecular weight excluding hydrogens is 411 g/mol. The molecule has 0 aliphatic heterocycles. The SMILES string of the molecule is O=C(/C=C\N=P(c1ccccc1)(c1ccccc1)c1ccccc1)NCc1ccccc1. The van der Waals surface area contributed by atoms with Gasteiger partial charge in [-0.05, 0) is 5.56 Å². The zero-order valence-electron chi connectivity index (χ0n) is 17.7. The van der Waals surface area contributed by atoms with E-state index < -0.39 is 7.05 Å². The molecule has 0 aliphatic rings. The molecule has 1 amide bonds. The van der Waals surface area contributed by atoms with Gasteiger partial charge in [-0.25, -0.2) is 0 Å². The smallest absolute Gasteiger partial charge is 0.245 e. The highest BCUT2D eigenvalue weighted by Crippen LogP contribution is 2.46. The highest BCUT2D eigenvalue weighted by atomic mass is 31.2. The first-order valence-corrected chi connectivity index (χ1v) is 12.3. The predicted molar refractivity (Wildman–Crippen MR) is 135 cm³/mol. The quantitative estimate of drug-likeness (QED) is 0.322. The van der Waals surface area contributed by atoms with Crippen LogP contribution in [0.4, 0.5) is 0 Å². The van der Waals surface area contributed by atoms with Crippen molar-refractivity contribution in [3.63, 3.8) is 0 Å². The van der Waals surface area contributed by atoms with Gasteiger partial charge in [0.05, 0.1) is 7.05 Å². The number of hydrogen-bond acceptors (Lipinski definition) is 2. The summed E-state index contributed by atoms with van der Waals surface area (Å²) in [5.74, 6) is -0.162. The maximum atomic E-state index is 12.5. The molecule has 4 heteroatoms. The first kappa shape index (κ1) is 21.5. The Hall–Kier alpha value is -3.68. The van der Waals surface area contributed by atoms with Gasteiger partial charge in [0.1, 0.15) is 0 Å². The van der Waals surface area contributed by atoms with Gasteiger partial charge in [0.15, 0.2) is 0 Å². The van der Waals surface area contributed by atoms with Gasteiger partial charge in [-0.1, -0.05) is 121 Å². The van der Waals surface area contributed by atoms with E-state index in [0.29, 0.717) is 6.54 Å². The molecule has 0 saturated carbocycles. The standard InChI is InChI=1S/C28H25N2OP/c31-28(29-23-24-13-5-1-6-14-24)21-22-30-32(25-15-7-2-8-16-25,26-17-9-3-10-18-26)27-19-11-4-12-20-27/h1-22H,23H2,(H,29,31)/b22-21-. The van der Waals surface area contributed by atoms with Gasteiger partial charge in [0.25, 0.3) is 0 Å². The molecule has 4 aromatic carbocycles. The van der Waals surface area contributed by atoms with Crippen LogP contribution < -0.4 is 21.2 Å². The second-order valence-corrected chi connectivity index (χ2v) is 10.3. The molecule has 0 unspecified atom stereocenters. The Morgan fingerprint density at radius 3 is 1.50 bits per heavy atom. The minimum Gasteiger partial charge on any atom is -0.348 e. The average Bonchev–Trinajstić information content (AvgIpc) is 2.88. The van der Waals surface area contributed by atoms with Crippen molar-refractivity contribution in [2.75, 3.05) is 0 Å². The molecule has 3 nitrogen and oxygen atoms in total. The lowest BCUT2D eigenvalue weighted by Crippen LogP contribution is -2.25. The summed E-state index contributed by atoms with van der Waals surface area (Å²) in [7, 11) is -2.33. The Labute approximate surface area is 189 Å². The number of rotatable bonds is 7. The monoisotopic (exact) mass is 436 g/mol. The second kappa shape index (κ2) is 10.6. The number of hydrogen-bond donors (Lipinski definition) is 1. The van der Waals surface area contributed by atoms with E-state index in [0.717, 1.165) is 21.5 Å². The summed E-state index contributed by atoms with van der Waals surface area (Å²) in [6.07, 6.45) is 3.19. The van der Waals surface area contributed by atoms with E-state index >= 15 is 0 Å². The van der Waals surface area contributed by atoms with E-state index in [9.17, 15) is 4.79 Å². The fraction of sp³-hybridized carbons (Fsp3) is 0.0357. The molecule has 0 bridgehead atoms. The normalized spacial score (nSPS) is 11.2. The summed E-state index contributed by atoms with van der Waals surface area (Å²) in [5.41, 5.74) is 1.06. The fourth-order valence-corrected chi connectivity index (χ4v) is 7.00. The molecule has 158 valence electrons. The summed E-state index contributed by atoms with van der Waals surface area (Å²) in [6.45, 7) is 0.486. The van der Waals surface area contributed by atoms with Gasteiger partial charge < -0.3 is 5.32 Å². The van der Waals surface area contributed by atoms with Crippen molar-refractivity contribution in [2.24, 2.45) is 4.74 Å². The molecule has 0 heterocycles. The van der Waals surface area contributed by atoms with Crippen LogP contribution in [-0.4, -0.2) is 5.91 Å². The lowest BCUT2D eigenvalue weighted by Gasteiger charge is -2.26. The van der Waals surface area contributed by atoms with E-state index in [1.54, 1.807) is 6.20 Å². The Bertz CT molecular complexity index is 1120. The van der Waals surface area contributed by atoms with E-state index in [1.807, 2.05) is 84.9 Å². The molecule has 4 aromatic rings. The van der Waals surface area contributed by atoms with Crippen LogP contribution in [0.3, 0.4) is 0 Å². The molecule has 0 radical (unpaired) electrons. The van der Waals surface area contributed by atoms with Crippen LogP contribution in [0.2, 0.25) is 0 Å². The number of carbonyl (C=O) groups excluding carboxylic acids is 1. The van der Waals surface area contributed by atoms with Crippen molar-refractivity contribution < 1.29 is 4.79 Å². The summed E-state index contributed by atoms with van der Waals surface area (Å²) in [4.78, 5) is 12.5. The van der Waals surface area contributed by atoms with Crippen LogP contribution in [-0.2, 0) is 11.3 Å². The van der Waals surface area contributed by atoms with Crippen LogP contribution in [0.1, 0.15) is 5.56 Å². The van der Waals surface area contributed by atoms with Crippen molar-refractivity contribution in [3.05, 3.63) is 139 Å². The minimum atomic E-state index is -2.33. The number of nitrogens with one attached hydrogen (secondary N) is 1. The first-order valence-electron chi connectivity index (χ1n) is 10.6. The van der Waals surface area contributed by atoms with Gasteiger partial charge in [-0.15, -0.1) is 0 Å². The van der Waals surface area contributed by atoms with Crippen LogP contribution in [0.15, 0.2) is 138 Å². The average molecular weight is 436 g/mol. The summed E-state index contributed by atoms with van der Waals surface area (Å²) < 4.78 is 5.13. The molecule has 32 heavy (non-hydrogen) atoms. The molecule has 0 spiro atoms. The first-order chi connectivity index (χ1) is 15.8. The fourth-order valence-electron chi connectivity index (χ4n) is 3.62. The number of nitrogens with zero attached hydrogens (tertiary/aromatic N) is 1. The number of benzene rings is 4.